The highest BCUT2D eigenvalue weighted by molar-refractivity contribution is 7.80. The topological polar surface area (TPSA) is 68.8 Å². The maximum absolute atomic E-state index is 12.1. The maximum Gasteiger partial charge on any atom is 0.250 e. The largest absolute Gasteiger partial charge is 0.494 e. The zero-order chi connectivity index (χ0) is 22.5. The van der Waals surface area contributed by atoms with Crippen molar-refractivity contribution in [3.05, 3.63) is 54.1 Å². The number of thiocarbonyl (C=S) groups is 1. The van der Waals surface area contributed by atoms with Crippen LogP contribution in [0.5, 0.6) is 17.2 Å². The van der Waals surface area contributed by atoms with E-state index in [1.54, 1.807) is 32.4 Å². The van der Waals surface area contributed by atoms with Crippen molar-refractivity contribution in [1.29, 1.82) is 0 Å². The smallest absolute Gasteiger partial charge is 0.250 e. The van der Waals surface area contributed by atoms with Gasteiger partial charge in [0.25, 0.3) is 0 Å². The number of carbonyl (C=O) groups is 1. The average molecular weight is 443 g/mol. The molecule has 31 heavy (non-hydrogen) atoms. The molecule has 0 aliphatic rings. The first-order valence-electron chi connectivity index (χ1n) is 10.3. The van der Waals surface area contributed by atoms with Gasteiger partial charge >= 0.3 is 0 Å². The third-order valence-electron chi connectivity index (χ3n) is 4.45. The van der Waals surface area contributed by atoms with Crippen LogP contribution in [0.25, 0.3) is 6.08 Å². The van der Waals surface area contributed by atoms with Crippen LogP contribution >= 0.6 is 12.2 Å². The molecule has 0 saturated heterocycles. The van der Waals surface area contributed by atoms with Gasteiger partial charge in [0, 0.05) is 11.8 Å². The fourth-order valence-corrected chi connectivity index (χ4v) is 3.02. The van der Waals surface area contributed by atoms with Crippen LogP contribution in [0.2, 0.25) is 0 Å². The first kappa shape index (κ1) is 24.2. The van der Waals surface area contributed by atoms with Gasteiger partial charge in [-0.05, 0) is 66.7 Å². The summed E-state index contributed by atoms with van der Waals surface area (Å²) in [5.74, 6) is 1.70. The zero-order valence-corrected chi connectivity index (χ0v) is 19.1. The molecule has 6 nitrogen and oxygen atoms in total. The molecular formula is C24H30N2O4S. The van der Waals surface area contributed by atoms with E-state index in [1.807, 2.05) is 30.3 Å². The number of hydrogen-bond acceptors (Lipinski definition) is 5. The van der Waals surface area contributed by atoms with Crippen molar-refractivity contribution in [3.8, 4) is 17.2 Å². The number of rotatable bonds is 11. The average Bonchev–Trinajstić information content (AvgIpc) is 2.78. The number of benzene rings is 2. The van der Waals surface area contributed by atoms with Gasteiger partial charge in [0.15, 0.2) is 16.6 Å². The van der Waals surface area contributed by atoms with Gasteiger partial charge in [0.1, 0.15) is 5.75 Å². The summed E-state index contributed by atoms with van der Waals surface area (Å²) in [5.41, 5.74) is 1.57. The van der Waals surface area contributed by atoms with E-state index in [0.29, 0.717) is 18.1 Å². The molecule has 0 unspecified atom stereocenters. The van der Waals surface area contributed by atoms with Crippen molar-refractivity contribution in [1.82, 2.24) is 5.32 Å². The number of ether oxygens (including phenoxy) is 3. The second-order valence-corrected chi connectivity index (χ2v) is 7.23. The van der Waals surface area contributed by atoms with E-state index in [9.17, 15) is 4.79 Å². The molecule has 0 heterocycles. The molecule has 0 aromatic heterocycles. The molecule has 0 saturated carbocycles. The van der Waals surface area contributed by atoms with Crippen molar-refractivity contribution in [3.63, 3.8) is 0 Å². The minimum Gasteiger partial charge on any atom is -0.494 e. The lowest BCUT2D eigenvalue weighted by molar-refractivity contribution is -0.115. The number of unbranched alkanes of at least 4 members (excludes halogenated alkanes) is 3. The van der Waals surface area contributed by atoms with Crippen LogP contribution < -0.4 is 24.8 Å². The fraction of sp³-hybridized carbons (Fsp3) is 0.333. The Balaban J connectivity index is 1.80. The Morgan fingerprint density at radius 3 is 2.42 bits per heavy atom. The molecule has 2 N–H and O–H groups in total. The zero-order valence-electron chi connectivity index (χ0n) is 18.3. The van der Waals surface area contributed by atoms with Crippen molar-refractivity contribution < 1.29 is 19.0 Å². The lowest BCUT2D eigenvalue weighted by atomic mass is 10.2. The number of methoxy groups -OCH3 is 2. The normalized spacial score (nSPS) is 10.5. The Morgan fingerprint density at radius 2 is 1.74 bits per heavy atom. The van der Waals surface area contributed by atoms with Gasteiger partial charge in [-0.1, -0.05) is 32.3 Å². The van der Waals surface area contributed by atoms with Gasteiger partial charge in [-0.15, -0.1) is 0 Å². The minimum atomic E-state index is -0.334. The van der Waals surface area contributed by atoms with Gasteiger partial charge in [0.05, 0.1) is 20.8 Å². The van der Waals surface area contributed by atoms with E-state index in [2.05, 4.69) is 17.6 Å². The van der Waals surface area contributed by atoms with Crippen LogP contribution in [0.1, 0.15) is 38.2 Å². The summed E-state index contributed by atoms with van der Waals surface area (Å²) in [6.45, 7) is 2.90. The van der Waals surface area contributed by atoms with Crippen molar-refractivity contribution in [2.45, 2.75) is 32.6 Å². The van der Waals surface area contributed by atoms with Gasteiger partial charge in [-0.25, -0.2) is 0 Å². The summed E-state index contributed by atoms with van der Waals surface area (Å²) in [5, 5.41) is 5.83. The van der Waals surface area contributed by atoms with Crippen molar-refractivity contribution in [2.24, 2.45) is 0 Å². The number of amides is 1. The highest BCUT2D eigenvalue weighted by atomic mass is 32.1. The third kappa shape index (κ3) is 8.68. The highest BCUT2D eigenvalue weighted by Gasteiger charge is 2.05. The summed E-state index contributed by atoms with van der Waals surface area (Å²) < 4.78 is 16.2. The van der Waals surface area contributed by atoms with Gasteiger partial charge < -0.3 is 19.5 Å². The van der Waals surface area contributed by atoms with Crippen LogP contribution in [0.4, 0.5) is 5.69 Å². The predicted molar refractivity (Wildman–Crippen MR) is 129 cm³/mol. The molecule has 0 radical (unpaired) electrons. The van der Waals surface area contributed by atoms with Crippen LogP contribution in [-0.4, -0.2) is 31.8 Å². The lowest BCUT2D eigenvalue weighted by Crippen LogP contribution is -2.32. The third-order valence-corrected chi connectivity index (χ3v) is 4.65. The van der Waals surface area contributed by atoms with Crippen LogP contribution in [0.15, 0.2) is 48.5 Å². The molecule has 2 aromatic rings. The molecule has 7 heteroatoms. The second kappa shape index (κ2) is 13.3. The Hall–Kier alpha value is -3.06. The SMILES string of the molecule is CCCCCCOc1ccc(NC(=S)NC(=O)C=Cc2ccc(OC)c(OC)c2)cc1. The molecule has 1 amide bonds. The second-order valence-electron chi connectivity index (χ2n) is 6.82. The Labute approximate surface area is 189 Å². The van der Waals surface area contributed by atoms with E-state index in [4.69, 9.17) is 26.4 Å². The Kier molecular flexibility index (Phi) is 10.4. The molecule has 0 bridgehead atoms. The molecular weight excluding hydrogens is 412 g/mol. The lowest BCUT2D eigenvalue weighted by Gasteiger charge is -2.10. The summed E-state index contributed by atoms with van der Waals surface area (Å²) in [6, 6.07) is 12.9. The van der Waals surface area contributed by atoms with Crippen molar-refractivity contribution >= 4 is 35.0 Å². The molecule has 2 rings (SSSR count). The van der Waals surface area contributed by atoms with E-state index in [0.717, 1.165) is 23.4 Å². The van der Waals surface area contributed by atoms with E-state index < -0.39 is 0 Å². The Morgan fingerprint density at radius 1 is 1.00 bits per heavy atom. The number of hydrogen-bond donors (Lipinski definition) is 2. The Bertz CT molecular complexity index is 882. The molecule has 0 atom stereocenters. The summed E-state index contributed by atoms with van der Waals surface area (Å²) in [6.07, 6.45) is 7.77. The van der Waals surface area contributed by atoms with E-state index in [-0.39, 0.29) is 11.0 Å². The maximum atomic E-state index is 12.1. The van der Waals surface area contributed by atoms with Crippen LogP contribution in [0, 0.1) is 0 Å². The van der Waals surface area contributed by atoms with Crippen LogP contribution in [0.3, 0.4) is 0 Å². The first-order valence-corrected chi connectivity index (χ1v) is 10.7. The summed E-state index contributed by atoms with van der Waals surface area (Å²) in [4.78, 5) is 12.1. The molecule has 166 valence electrons. The predicted octanol–water partition coefficient (Wildman–Crippen LogP) is 5.19. The van der Waals surface area contributed by atoms with Gasteiger partial charge in [-0.3, -0.25) is 10.1 Å². The van der Waals surface area contributed by atoms with Crippen molar-refractivity contribution in [2.75, 3.05) is 26.1 Å². The monoisotopic (exact) mass is 442 g/mol. The number of nitrogens with one attached hydrogen (secondary N) is 2. The first-order chi connectivity index (χ1) is 15.0. The fourth-order valence-electron chi connectivity index (χ4n) is 2.80. The standard InChI is InChI=1S/C24H30N2O4S/c1-4-5-6-7-16-30-20-12-10-19(11-13-20)25-24(31)26-23(27)15-9-18-8-14-21(28-2)22(17-18)29-3/h8-15,17H,4-7,16H2,1-3H3,(H2,25,26,27,31). The molecule has 0 aliphatic heterocycles. The molecule has 0 aliphatic carbocycles. The summed E-state index contributed by atoms with van der Waals surface area (Å²) in [7, 11) is 3.14. The van der Waals surface area contributed by atoms with Gasteiger partial charge in [-0.2, -0.15) is 0 Å². The van der Waals surface area contributed by atoms with E-state index in [1.165, 1.54) is 25.3 Å². The molecule has 2 aromatic carbocycles. The minimum absolute atomic E-state index is 0.218. The number of carbonyl (C=O) groups excluding carboxylic acids is 1. The molecule has 0 fully saturated rings. The quantitative estimate of drug-likeness (QED) is 0.284. The highest BCUT2D eigenvalue weighted by Crippen LogP contribution is 2.27. The number of anilines is 1. The molecule has 0 spiro atoms. The summed E-state index contributed by atoms with van der Waals surface area (Å²) >= 11 is 5.21. The van der Waals surface area contributed by atoms with Crippen LogP contribution in [-0.2, 0) is 4.79 Å². The van der Waals surface area contributed by atoms with E-state index >= 15 is 0 Å². The van der Waals surface area contributed by atoms with Gasteiger partial charge in [0.2, 0.25) is 5.91 Å².